The SMILES string of the molecule is NCN1CCN(CCOC2CCC2)CC1. The Morgan fingerprint density at radius 1 is 1.07 bits per heavy atom. The molecule has 1 aliphatic heterocycles. The van der Waals surface area contributed by atoms with E-state index in [1.54, 1.807) is 0 Å². The molecule has 0 aromatic heterocycles. The number of nitrogens with zero attached hydrogens (tertiary/aromatic N) is 2. The summed E-state index contributed by atoms with van der Waals surface area (Å²) in [4.78, 5) is 4.77. The smallest absolute Gasteiger partial charge is 0.0597 e. The zero-order chi connectivity index (χ0) is 10.5. The summed E-state index contributed by atoms with van der Waals surface area (Å²) in [7, 11) is 0. The number of ether oxygens (including phenoxy) is 1. The number of piperazine rings is 1. The second kappa shape index (κ2) is 5.80. The highest BCUT2D eigenvalue weighted by molar-refractivity contribution is 4.72. The van der Waals surface area contributed by atoms with Crippen LogP contribution in [0.2, 0.25) is 0 Å². The minimum Gasteiger partial charge on any atom is -0.377 e. The second-order valence-electron chi connectivity index (χ2n) is 4.57. The summed E-state index contributed by atoms with van der Waals surface area (Å²) in [6, 6.07) is 0. The van der Waals surface area contributed by atoms with Gasteiger partial charge in [-0.15, -0.1) is 0 Å². The molecule has 0 atom stereocenters. The lowest BCUT2D eigenvalue weighted by atomic mass is 9.96. The van der Waals surface area contributed by atoms with Crippen LogP contribution >= 0.6 is 0 Å². The molecule has 2 aliphatic rings. The second-order valence-corrected chi connectivity index (χ2v) is 4.57. The summed E-state index contributed by atoms with van der Waals surface area (Å²) >= 11 is 0. The van der Waals surface area contributed by atoms with Crippen LogP contribution in [0.25, 0.3) is 0 Å². The van der Waals surface area contributed by atoms with Crippen LogP contribution in [-0.4, -0.2) is 61.9 Å². The summed E-state index contributed by atoms with van der Waals surface area (Å²) in [5, 5.41) is 0. The molecule has 0 unspecified atom stereocenters. The van der Waals surface area contributed by atoms with Crippen molar-refractivity contribution in [2.24, 2.45) is 5.73 Å². The fourth-order valence-corrected chi connectivity index (χ4v) is 2.08. The fraction of sp³-hybridized carbons (Fsp3) is 1.00. The van der Waals surface area contributed by atoms with Crippen LogP contribution in [0.5, 0.6) is 0 Å². The van der Waals surface area contributed by atoms with Gasteiger partial charge in [-0.3, -0.25) is 9.80 Å². The number of hydrogen-bond donors (Lipinski definition) is 1. The van der Waals surface area contributed by atoms with Crippen molar-refractivity contribution in [1.82, 2.24) is 9.80 Å². The van der Waals surface area contributed by atoms with Crippen LogP contribution in [0.15, 0.2) is 0 Å². The van der Waals surface area contributed by atoms with E-state index in [0.717, 1.165) is 39.3 Å². The van der Waals surface area contributed by atoms with E-state index in [4.69, 9.17) is 10.5 Å². The van der Waals surface area contributed by atoms with Crippen molar-refractivity contribution >= 4 is 0 Å². The molecular formula is C11H23N3O. The van der Waals surface area contributed by atoms with Crippen molar-refractivity contribution in [3.63, 3.8) is 0 Å². The predicted molar refractivity (Wildman–Crippen MR) is 60.7 cm³/mol. The predicted octanol–water partition coefficient (Wildman–Crippen LogP) is 0.0893. The lowest BCUT2D eigenvalue weighted by molar-refractivity contribution is -0.0120. The van der Waals surface area contributed by atoms with Gasteiger partial charge in [-0.05, 0) is 19.3 Å². The molecule has 4 heteroatoms. The first-order valence-electron chi connectivity index (χ1n) is 6.15. The molecular weight excluding hydrogens is 190 g/mol. The Kier molecular flexibility index (Phi) is 4.38. The van der Waals surface area contributed by atoms with Crippen molar-refractivity contribution < 1.29 is 4.74 Å². The first-order chi connectivity index (χ1) is 7.38. The maximum atomic E-state index is 5.75. The van der Waals surface area contributed by atoms with E-state index >= 15 is 0 Å². The quantitative estimate of drug-likeness (QED) is 0.703. The molecule has 0 aromatic rings. The topological polar surface area (TPSA) is 41.7 Å². The van der Waals surface area contributed by atoms with Gasteiger partial charge in [-0.1, -0.05) is 0 Å². The minimum absolute atomic E-state index is 0.579. The van der Waals surface area contributed by atoms with E-state index in [1.165, 1.54) is 19.3 Å². The fourth-order valence-electron chi connectivity index (χ4n) is 2.08. The number of nitrogens with two attached hydrogens (primary N) is 1. The van der Waals surface area contributed by atoms with Gasteiger partial charge in [0.15, 0.2) is 0 Å². The Morgan fingerprint density at radius 3 is 2.27 bits per heavy atom. The normalized spacial score (nSPS) is 25.4. The van der Waals surface area contributed by atoms with Crippen molar-refractivity contribution in [1.29, 1.82) is 0 Å². The van der Waals surface area contributed by atoms with Gasteiger partial charge in [-0.2, -0.15) is 0 Å². The molecule has 88 valence electrons. The first kappa shape index (κ1) is 11.3. The highest BCUT2D eigenvalue weighted by Crippen LogP contribution is 2.21. The van der Waals surface area contributed by atoms with Crippen molar-refractivity contribution in [3.8, 4) is 0 Å². The standard InChI is InChI=1S/C11H23N3O/c12-10-14-6-4-13(5-7-14)8-9-15-11-2-1-3-11/h11H,1-10,12H2. The minimum atomic E-state index is 0.579. The van der Waals surface area contributed by atoms with Crippen LogP contribution in [0.4, 0.5) is 0 Å². The molecule has 0 bridgehead atoms. The van der Waals surface area contributed by atoms with Gasteiger partial charge in [-0.25, -0.2) is 0 Å². The lowest BCUT2D eigenvalue weighted by Crippen LogP contribution is -2.49. The van der Waals surface area contributed by atoms with Gasteiger partial charge in [0.25, 0.3) is 0 Å². The molecule has 0 radical (unpaired) electrons. The summed E-state index contributed by atoms with van der Waals surface area (Å²) in [6.07, 6.45) is 4.50. The molecule has 1 saturated carbocycles. The maximum absolute atomic E-state index is 5.75. The van der Waals surface area contributed by atoms with Gasteiger partial charge < -0.3 is 10.5 Å². The molecule has 4 nitrogen and oxygen atoms in total. The largest absolute Gasteiger partial charge is 0.377 e. The van der Waals surface area contributed by atoms with E-state index in [1.807, 2.05) is 0 Å². The molecule has 0 amide bonds. The first-order valence-corrected chi connectivity index (χ1v) is 6.15. The third-order valence-electron chi connectivity index (χ3n) is 3.54. The van der Waals surface area contributed by atoms with Gasteiger partial charge >= 0.3 is 0 Å². The molecule has 2 fully saturated rings. The average Bonchev–Trinajstić information content (AvgIpc) is 2.23. The van der Waals surface area contributed by atoms with Crippen molar-refractivity contribution in [2.75, 3.05) is 46.0 Å². The molecule has 1 aliphatic carbocycles. The van der Waals surface area contributed by atoms with Crippen LogP contribution in [0, 0.1) is 0 Å². The Hall–Kier alpha value is -0.160. The van der Waals surface area contributed by atoms with Crippen LogP contribution in [0.3, 0.4) is 0 Å². The monoisotopic (exact) mass is 213 g/mol. The van der Waals surface area contributed by atoms with Crippen LogP contribution < -0.4 is 5.73 Å². The summed E-state index contributed by atoms with van der Waals surface area (Å²) in [6.45, 7) is 7.21. The lowest BCUT2D eigenvalue weighted by Gasteiger charge is -2.34. The third-order valence-corrected chi connectivity index (χ3v) is 3.54. The van der Waals surface area contributed by atoms with E-state index < -0.39 is 0 Å². The Bertz CT molecular complexity index is 177. The Labute approximate surface area is 92.4 Å². The molecule has 15 heavy (non-hydrogen) atoms. The maximum Gasteiger partial charge on any atom is 0.0597 e. The molecule has 0 aromatic carbocycles. The Balaban J connectivity index is 1.52. The molecule has 1 saturated heterocycles. The van der Waals surface area contributed by atoms with E-state index in [-0.39, 0.29) is 0 Å². The van der Waals surface area contributed by atoms with Gasteiger partial charge in [0.2, 0.25) is 0 Å². The van der Waals surface area contributed by atoms with E-state index in [0.29, 0.717) is 12.8 Å². The molecule has 2 N–H and O–H groups in total. The molecule has 1 heterocycles. The van der Waals surface area contributed by atoms with Crippen molar-refractivity contribution in [2.45, 2.75) is 25.4 Å². The van der Waals surface area contributed by atoms with Gasteiger partial charge in [0.1, 0.15) is 0 Å². The van der Waals surface area contributed by atoms with Crippen LogP contribution in [0.1, 0.15) is 19.3 Å². The molecule has 0 spiro atoms. The summed E-state index contributed by atoms with van der Waals surface area (Å²) in [5.74, 6) is 0. The van der Waals surface area contributed by atoms with Gasteiger partial charge in [0, 0.05) is 39.4 Å². The number of hydrogen-bond acceptors (Lipinski definition) is 4. The summed E-state index contributed by atoms with van der Waals surface area (Å²) < 4.78 is 5.75. The zero-order valence-corrected chi connectivity index (χ0v) is 9.53. The Morgan fingerprint density at radius 2 is 1.73 bits per heavy atom. The molecule has 2 rings (SSSR count). The van der Waals surface area contributed by atoms with Crippen LogP contribution in [-0.2, 0) is 4.74 Å². The summed E-state index contributed by atoms with van der Waals surface area (Å²) in [5.41, 5.74) is 5.60. The van der Waals surface area contributed by atoms with E-state index in [2.05, 4.69) is 9.80 Å². The zero-order valence-electron chi connectivity index (χ0n) is 9.53. The van der Waals surface area contributed by atoms with Crippen molar-refractivity contribution in [3.05, 3.63) is 0 Å². The average molecular weight is 213 g/mol. The highest BCUT2D eigenvalue weighted by atomic mass is 16.5. The highest BCUT2D eigenvalue weighted by Gasteiger charge is 2.19. The van der Waals surface area contributed by atoms with Gasteiger partial charge in [0.05, 0.1) is 12.7 Å². The number of rotatable bonds is 5. The van der Waals surface area contributed by atoms with E-state index in [9.17, 15) is 0 Å². The third kappa shape index (κ3) is 3.41.